The predicted molar refractivity (Wildman–Crippen MR) is 106 cm³/mol. The molecule has 1 aliphatic carbocycles. The zero-order chi connectivity index (χ0) is 19.6. The van der Waals surface area contributed by atoms with Crippen molar-refractivity contribution in [2.24, 2.45) is 10.8 Å². The monoisotopic (exact) mass is 360 g/mol. The standard InChI is InChI=1S/C23H36O3/c1-7-17(18-10-12-19(24)13-11-18)16-22(5,6)20(25)26-23(21(2,3)4)14-8-9-15-23/h10-13,17,24H,7-9,14-16H2,1-6H3. The molecule has 0 amide bonds. The molecule has 1 aliphatic rings. The van der Waals surface area contributed by atoms with Gasteiger partial charge in [0.05, 0.1) is 5.41 Å². The van der Waals surface area contributed by atoms with E-state index in [2.05, 4.69) is 27.7 Å². The molecule has 26 heavy (non-hydrogen) atoms. The average molecular weight is 361 g/mol. The molecule has 0 heterocycles. The second-order valence-electron chi connectivity index (χ2n) is 9.63. The second-order valence-corrected chi connectivity index (χ2v) is 9.63. The fraction of sp³-hybridized carbons (Fsp3) is 0.696. The van der Waals surface area contributed by atoms with Crippen molar-refractivity contribution in [2.75, 3.05) is 0 Å². The second kappa shape index (κ2) is 7.62. The molecule has 0 spiro atoms. The Morgan fingerprint density at radius 3 is 2.12 bits per heavy atom. The molecule has 0 radical (unpaired) electrons. The lowest BCUT2D eigenvalue weighted by Crippen LogP contribution is -2.47. The van der Waals surface area contributed by atoms with Crippen molar-refractivity contribution < 1.29 is 14.6 Å². The summed E-state index contributed by atoms with van der Waals surface area (Å²) in [7, 11) is 0. The Kier molecular flexibility index (Phi) is 6.09. The van der Waals surface area contributed by atoms with Crippen LogP contribution in [0.1, 0.15) is 91.5 Å². The minimum atomic E-state index is -0.542. The zero-order valence-corrected chi connectivity index (χ0v) is 17.4. The van der Waals surface area contributed by atoms with Gasteiger partial charge >= 0.3 is 5.97 Å². The summed E-state index contributed by atoms with van der Waals surface area (Å²) in [6, 6.07) is 7.35. The number of rotatable bonds is 6. The highest BCUT2D eigenvalue weighted by molar-refractivity contribution is 5.76. The molecule has 0 bridgehead atoms. The first-order chi connectivity index (χ1) is 12.0. The lowest BCUT2D eigenvalue weighted by molar-refractivity contribution is -0.183. The number of phenols is 1. The van der Waals surface area contributed by atoms with Crippen LogP contribution in [0, 0.1) is 10.8 Å². The summed E-state index contributed by atoms with van der Waals surface area (Å²) >= 11 is 0. The first-order valence-electron chi connectivity index (χ1n) is 10.0. The van der Waals surface area contributed by atoms with Crippen LogP contribution in [-0.4, -0.2) is 16.7 Å². The molecular formula is C23H36O3. The van der Waals surface area contributed by atoms with Crippen LogP contribution in [0.15, 0.2) is 24.3 Å². The van der Waals surface area contributed by atoms with E-state index in [1.807, 2.05) is 26.0 Å². The Morgan fingerprint density at radius 2 is 1.65 bits per heavy atom. The maximum atomic E-state index is 13.1. The smallest absolute Gasteiger partial charge is 0.312 e. The van der Waals surface area contributed by atoms with Gasteiger partial charge in [0, 0.05) is 5.41 Å². The quantitative estimate of drug-likeness (QED) is 0.614. The molecular weight excluding hydrogens is 324 g/mol. The van der Waals surface area contributed by atoms with Crippen molar-refractivity contribution in [1.82, 2.24) is 0 Å². The highest BCUT2D eigenvalue weighted by Crippen LogP contribution is 2.48. The fourth-order valence-electron chi connectivity index (χ4n) is 4.21. The molecule has 0 aliphatic heterocycles. The zero-order valence-electron chi connectivity index (χ0n) is 17.4. The number of hydrogen-bond donors (Lipinski definition) is 1. The molecule has 1 N–H and O–H groups in total. The maximum Gasteiger partial charge on any atom is 0.312 e. The van der Waals surface area contributed by atoms with Gasteiger partial charge in [-0.05, 0) is 76.0 Å². The highest BCUT2D eigenvalue weighted by Gasteiger charge is 2.49. The molecule has 2 rings (SSSR count). The number of esters is 1. The van der Waals surface area contributed by atoms with E-state index in [0.29, 0.717) is 0 Å². The van der Waals surface area contributed by atoms with Gasteiger partial charge in [0.15, 0.2) is 0 Å². The van der Waals surface area contributed by atoms with E-state index in [-0.39, 0.29) is 28.7 Å². The van der Waals surface area contributed by atoms with Crippen molar-refractivity contribution in [3.05, 3.63) is 29.8 Å². The molecule has 1 aromatic rings. The highest BCUT2D eigenvalue weighted by atomic mass is 16.6. The molecule has 0 aromatic heterocycles. The van der Waals surface area contributed by atoms with E-state index in [9.17, 15) is 9.90 Å². The van der Waals surface area contributed by atoms with Crippen molar-refractivity contribution in [3.8, 4) is 5.75 Å². The van der Waals surface area contributed by atoms with Gasteiger partial charge < -0.3 is 9.84 Å². The Hall–Kier alpha value is -1.51. The third-order valence-electron chi connectivity index (χ3n) is 6.23. The largest absolute Gasteiger partial charge is 0.508 e. The van der Waals surface area contributed by atoms with E-state index >= 15 is 0 Å². The maximum absolute atomic E-state index is 13.1. The number of carbonyl (C=O) groups excluding carboxylic acids is 1. The lowest BCUT2D eigenvalue weighted by atomic mass is 9.74. The third kappa shape index (κ3) is 4.42. The summed E-state index contributed by atoms with van der Waals surface area (Å²) < 4.78 is 6.25. The average Bonchev–Trinajstić information content (AvgIpc) is 3.03. The van der Waals surface area contributed by atoms with Crippen LogP contribution < -0.4 is 0 Å². The number of phenolic OH excluding ortho intramolecular Hbond substituents is 1. The minimum absolute atomic E-state index is 0.0453. The van der Waals surface area contributed by atoms with Gasteiger partial charge in [-0.25, -0.2) is 0 Å². The molecule has 1 fully saturated rings. The Balaban J connectivity index is 2.14. The molecule has 0 saturated heterocycles. The van der Waals surface area contributed by atoms with Crippen molar-refractivity contribution in [2.45, 2.75) is 91.6 Å². The SMILES string of the molecule is CCC(CC(C)(C)C(=O)OC1(C(C)(C)C)CCCC1)c1ccc(O)cc1. The summed E-state index contributed by atoms with van der Waals surface area (Å²) in [5.41, 5.74) is 0.245. The van der Waals surface area contributed by atoms with Crippen molar-refractivity contribution >= 4 is 5.97 Å². The van der Waals surface area contributed by atoms with E-state index in [1.165, 1.54) is 0 Å². The molecule has 1 aromatic carbocycles. The third-order valence-corrected chi connectivity index (χ3v) is 6.23. The summed E-state index contributed by atoms with van der Waals surface area (Å²) in [5.74, 6) is 0.467. The van der Waals surface area contributed by atoms with Crippen LogP contribution in [0.25, 0.3) is 0 Å². The van der Waals surface area contributed by atoms with Gasteiger partial charge in [-0.2, -0.15) is 0 Å². The predicted octanol–water partition coefficient (Wildman–Crippen LogP) is 6.20. The molecule has 1 unspecified atom stereocenters. The van der Waals surface area contributed by atoms with Crippen LogP contribution in [0.3, 0.4) is 0 Å². The molecule has 146 valence electrons. The first-order valence-corrected chi connectivity index (χ1v) is 10.0. The number of hydrogen-bond acceptors (Lipinski definition) is 3. The van der Waals surface area contributed by atoms with Crippen molar-refractivity contribution in [3.63, 3.8) is 0 Å². The van der Waals surface area contributed by atoms with Gasteiger partial charge in [-0.15, -0.1) is 0 Å². The summed E-state index contributed by atoms with van der Waals surface area (Å²) in [6.45, 7) is 12.7. The van der Waals surface area contributed by atoms with Crippen molar-refractivity contribution in [1.29, 1.82) is 0 Å². The molecule has 1 atom stereocenters. The Morgan fingerprint density at radius 1 is 1.12 bits per heavy atom. The van der Waals surface area contributed by atoms with Crippen LogP contribution in [0.2, 0.25) is 0 Å². The molecule has 3 heteroatoms. The van der Waals surface area contributed by atoms with Crippen LogP contribution in [-0.2, 0) is 9.53 Å². The molecule has 1 saturated carbocycles. The van der Waals surface area contributed by atoms with Gasteiger partial charge in [0.1, 0.15) is 11.4 Å². The van der Waals surface area contributed by atoms with Crippen LogP contribution in [0.5, 0.6) is 5.75 Å². The number of carbonyl (C=O) groups is 1. The number of benzene rings is 1. The first kappa shape index (κ1) is 20.8. The minimum Gasteiger partial charge on any atom is -0.508 e. The van der Waals surface area contributed by atoms with Gasteiger partial charge in [0.2, 0.25) is 0 Å². The number of aromatic hydroxyl groups is 1. The van der Waals surface area contributed by atoms with E-state index in [1.54, 1.807) is 12.1 Å². The van der Waals surface area contributed by atoms with Crippen LogP contribution >= 0.6 is 0 Å². The summed E-state index contributed by atoms with van der Waals surface area (Å²) in [5, 5.41) is 9.52. The van der Waals surface area contributed by atoms with E-state index in [0.717, 1.165) is 44.1 Å². The van der Waals surface area contributed by atoms with Crippen LogP contribution in [0.4, 0.5) is 0 Å². The summed E-state index contributed by atoms with van der Waals surface area (Å²) in [4.78, 5) is 13.1. The summed E-state index contributed by atoms with van der Waals surface area (Å²) in [6.07, 6.45) is 5.90. The Bertz CT molecular complexity index is 601. The van der Waals surface area contributed by atoms with E-state index in [4.69, 9.17) is 4.74 Å². The van der Waals surface area contributed by atoms with E-state index < -0.39 is 5.41 Å². The Labute approximate surface area is 159 Å². The normalized spacial score (nSPS) is 18.5. The molecule has 3 nitrogen and oxygen atoms in total. The van der Waals surface area contributed by atoms with Gasteiger partial charge in [-0.3, -0.25) is 4.79 Å². The fourth-order valence-corrected chi connectivity index (χ4v) is 4.21. The van der Waals surface area contributed by atoms with Gasteiger partial charge in [0.25, 0.3) is 0 Å². The number of ether oxygens (including phenoxy) is 1. The lowest BCUT2D eigenvalue weighted by Gasteiger charge is -2.43. The van der Waals surface area contributed by atoms with Gasteiger partial charge in [-0.1, -0.05) is 39.8 Å². The topological polar surface area (TPSA) is 46.5 Å².